The molecule has 1 amide bonds. The number of anilines is 1. The van der Waals surface area contributed by atoms with Gasteiger partial charge in [0.05, 0.1) is 24.8 Å². The number of hydrogen-bond acceptors (Lipinski definition) is 7. The molecule has 1 aromatic carbocycles. The number of ether oxygens (including phenoxy) is 2. The zero-order chi connectivity index (χ0) is 21.6. The van der Waals surface area contributed by atoms with Crippen molar-refractivity contribution in [1.82, 2.24) is 24.6 Å². The van der Waals surface area contributed by atoms with E-state index in [1.807, 2.05) is 43.1 Å². The summed E-state index contributed by atoms with van der Waals surface area (Å²) in [6, 6.07) is 7.55. The summed E-state index contributed by atoms with van der Waals surface area (Å²) in [6.07, 6.45) is 4.54. The van der Waals surface area contributed by atoms with Crippen LogP contribution in [0.25, 0.3) is 11.0 Å². The van der Waals surface area contributed by atoms with Crippen LogP contribution in [0.5, 0.6) is 11.5 Å². The Morgan fingerprint density at radius 3 is 2.45 bits per heavy atom. The van der Waals surface area contributed by atoms with E-state index in [9.17, 15) is 4.79 Å². The molecule has 9 nitrogen and oxygen atoms in total. The molecule has 0 spiro atoms. The number of benzene rings is 1. The van der Waals surface area contributed by atoms with Crippen molar-refractivity contribution in [2.45, 2.75) is 19.8 Å². The Bertz CT molecular complexity index is 1010. The summed E-state index contributed by atoms with van der Waals surface area (Å²) < 4.78 is 12.9. The van der Waals surface area contributed by atoms with Crippen molar-refractivity contribution in [3.05, 3.63) is 36.8 Å². The number of carbonyl (C=O) groups excluding carboxylic acids is 1. The first kappa shape index (κ1) is 20.9. The predicted molar refractivity (Wildman–Crippen MR) is 117 cm³/mol. The van der Waals surface area contributed by atoms with Crippen LogP contribution in [-0.2, 0) is 11.8 Å². The van der Waals surface area contributed by atoms with E-state index in [1.165, 1.54) is 0 Å². The number of aryl methyl sites for hydroxylation is 1. The third kappa shape index (κ3) is 4.87. The Kier molecular flexibility index (Phi) is 6.49. The average molecular weight is 425 g/mol. The van der Waals surface area contributed by atoms with Gasteiger partial charge in [0, 0.05) is 39.6 Å². The fourth-order valence-corrected chi connectivity index (χ4v) is 3.74. The molecule has 3 heterocycles. The van der Waals surface area contributed by atoms with Gasteiger partial charge in [-0.1, -0.05) is 0 Å². The summed E-state index contributed by atoms with van der Waals surface area (Å²) in [5, 5.41) is 5.22. The molecule has 0 bridgehead atoms. The molecule has 2 aromatic heterocycles. The maximum Gasteiger partial charge on any atom is 0.222 e. The Labute approximate surface area is 181 Å². The van der Waals surface area contributed by atoms with Crippen molar-refractivity contribution in [2.24, 2.45) is 7.05 Å². The van der Waals surface area contributed by atoms with E-state index in [0.29, 0.717) is 39.1 Å². The van der Waals surface area contributed by atoms with Gasteiger partial charge in [0.25, 0.3) is 0 Å². The minimum atomic E-state index is 0.171. The van der Waals surface area contributed by atoms with Crippen molar-refractivity contribution in [3.63, 3.8) is 0 Å². The molecule has 1 fully saturated rings. The van der Waals surface area contributed by atoms with E-state index in [-0.39, 0.29) is 5.91 Å². The molecular weight excluding hydrogens is 396 g/mol. The van der Waals surface area contributed by atoms with Crippen molar-refractivity contribution in [1.29, 1.82) is 0 Å². The molecule has 0 aliphatic carbocycles. The van der Waals surface area contributed by atoms with Crippen LogP contribution < -0.4 is 14.4 Å². The monoisotopic (exact) mass is 424 g/mol. The zero-order valence-electron chi connectivity index (χ0n) is 18.0. The van der Waals surface area contributed by atoms with Gasteiger partial charge in [-0.25, -0.2) is 9.97 Å². The molecule has 164 valence electrons. The van der Waals surface area contributed by atoms with Gasteiger partial charge >= 0.3 is 0 Å². The van der Waals surface area contributed by atoms with Crippen LogP contribution in [0.4, 0.5) is 5.82 Å². The van der Waals surface area contributed by atoms with Gasteiger partial charge in [0.1, 0.15) is 23.6 Å². The lowest BCUT2D eigenvalue weighted by Crippen LogP contribution is -2.49. The van der Waals surface area contributed by atoms with Crippen molar-refractivity contribution >= 4 is 22.8 Å². The van der Waals surface area contributed by atoms with Gasteiger partial charge in [0.2, 0.25) is 5.91 Å². The fourth-order valence-electron chi connectivity index (χ4n) is 3.74. The van der Waals surface area contributed by atoms with Crippen LogP contribution >= 0.6 is 0 Å². The number of aromatic nitrogens is 4. The molecule has 1 aliphatic rings. The first-order chi connectivity index (χ1) is 15.2. The maximum atomic E-state index is 12.6. The first-order valence-electron chi connectivity index (χ1n) is 10.7. The van der Waals surface area contributed by atoms with E-state index < -0.39 is 0 Å². The highest BCUT2D eigenvalue weighted by molar-refractivity contribution is 5.86. The van der Waals surface area contributed by atoms with Crippen LogP contribution in [0.1, 0.15) is 19.8 Å². The van der Waals surface area contributed by atoms with Gasteiger partial charge in [-0.05, 0) is 37.6 Å². The number of rotatable bonds is 8. The molecule has 1 aliphatic heterocycles. The minimum absolute atomic E-state index is 0.171. The number of amides is 1. The van der Waals surface area contributed by atoms with Crippen LogP contribution in [0.2, 0.25) is 0 Å². The third-order valence-corrected chi connectivity index (χ3v) is 5.38. The van der Waals surface area contributed by atoms with E-state index in [1.54, 1.807) is 17.2 Å². The third-order valence-electron chi connectivity index (χ3n) is 5.38. The lowest BCUT2D eigenvalue weighted by molar-refractivity contribution is -0.131. The van der Waals surface area contributed by atoms with Gasteiger partial charge in [-0.3, -0.25) is 9.48 Å². The highest BCUT2D eigenvalue weighted by atomic mass is 16.5. The Morgan fingerprint density at radius 2 is 1.74 bits per heavy atom. The quantitative estimate of drug-likeness (QED) is 0.513. The molecule has 0 saturated carbocycles. The summed E-state index contributed by atoms with van der Waals surface area (Å²) >= 11 is 0. The van der Waals surface area contributed by atoms with Crippen LogP contribution in [0.3, 0.4) is 0 Å². The highest BCUT2D eigenvalue weighted by Crippen LogP contribution is 2.23. The van der Waals surface area contributed by atoms with Crippen molar-refractivity contribution in [3.8, 4) is 11.5 Å². The second-order valence-corrected chi connectivity index (χ2v) is 7.43. The highest BCUT2D eigenvalue weighted by Gasteiger charge is 2.23. The smallest absolute Gasteiger partial charge is 0.222 e. The van der Waals surface area contributed by atoms with Gasteiger partial charge < -0.3 is 19.3 Å². The van der Waals surface area contributed by atoms with Gasteiger partial charge in [-0.2, -0.15) is 5.10 Å². The molecule has 0 radical (unpaired) electrons. The first-order valence-corrected chi connectivity index (χ1v) is 10.7. The summed E-state index contributed by atoms with van der Waals surface area (Å²) in [7, 11) is 1.87. The van der Waals surface area contributed by atoms with Gasteiger partial charge in [-0.15, -0.1) is 0 Å². The molecule has 0 atom stereocenters. The maximum absolute atomic E-state index is 12.6. The minimum Gasteiger partial charge on any atom is -0.494 e. The van der Waals surface area contributed by atoms with E-state index in [2.05, 4.69) is 20.0 Å². The number of fused-ring (bicyclic) bond motifs is 1. The topological polar surface area (TPSA) is 85.6 Å². The molecule has 31 heavy (non-hydrogen) atoms. The number of nitrogens with zero attached hydrogens (tertiary/aromatic N) is 6. The average Bonchev–Trinajstić information content (AvgIpc) is 3.19. The van der Waals surface area contributed by atoms with Crippen LogP contribution in [0, 0.1) is 0 Å². The summed E-state index contributed by atoms with van der Waals surface area (Å²) in [5.74, 6) is 2.67. The second-order valence-electron chi connectivity index (χ2n) is 7.43. The van der Waals surface area contributed by atoms with Crippen LogP contribution in [0.15, 0.2) is 36.8 Å². The number of piperazine rings is 1. The Morgan fingerprint density at radius 1 is 1.03 bits per heavy atom. The molecule has 0 N–H and O–H groups in total. The molecule has 0 unspecified atom stereocenters. The molecule has 1 saturated heterocycles. The SMILES string of the molecule is CCOc1ccc(OCCCC(=O)N2CCN(c3ncnc4c3cnn4C)CC2)cc1. The summed E-state index contributed by atoms with van der Waals surface area (Å²) in [5.41, 5.74) is 0.816. The molecular formula is C22H28N6O3. The lowest BCUT2D eigenvalue weighted by atomic mass is 10.2. The largest absolute Gasteiger partial charge is 0.494 e. The van der Waals surface area contributed by atoms with E-state index in [4.69, 9.17) is 9.47 Å². The molecule has 9 heteroatoms. The van der Waals surface area contributed by atoms with E-state index >= 15 is 0 Å². The van der Waals surface area contributed by atoms with Crippen molar-refractivity contribution < 1.29 is 14.3 Å². The summed E-state index contributed by atoms with van der Waals surface area (Å²) in [6.45, 7) is 5.97. The number of hydrogen-bond donors (Lipinski definition) is 0. The molecule has 4 rings (SSSR count). The van der Waals surface area contributed by atoms with Crippen molar-refractivity contribution in [2.75, 3.05) is 44.3 Å². The zero-order valence-corrected chi connectivity index (χ0v) is 18.0. The van der Waals surface area contributed by atoms with Gasteiger partial charge in [0.15, 0.2) is 5.65 Å². The summed E-state index contributed by atoms with van der Waals surface area (Å²) in [4.78, 5) is 25.5. The van der Waals surface area contributed by atoms with Crippen LogP contribution in [-0.4, -0.2) is 69.9 Å². The molecule has 3 aromatic rings. The fraction of sp³-hybridized carbons (Fsp3) is 0.455. The van der Waals surface area contributed by atoms with E-state index in [0.717, 1.165) is 41.4 Å². The standard InChI is InChI=1S/C22H28N6O3/c1-3-30-17-6-8-18(9-7-17)31-14-4-5-20(29)27-10-12-28(13-11-27)22-19-15-25-26(2)21(19)23-16-24-22/h6-9,15-16H,3-5,10-14H2,1-2H3. The Hall–Kier alpha value is -3.36. The normalized spacial score (nSPS) is 14.1. The second kappa shape index (κ2) is 9.63. The Balaban J connectivity index is 1.21. The number of carbonyl (C=O) groups is 1. The predicted octanol–water partition coefficient (Wildman–Crippen LogP) is 2.27. The lowest BCUT2D eigenvalue weighted by Gasteiger charge is -2.35.